The van der Waals surface area contributed by atoms with Crippen molar-refractivity contribution in [1.82, 2.24) is 10.2 Å². The first-order valence-electron chi connectivity index (χ1n) is 15.3. The van der Waals surface area contributed by atoms with Crippen LogP contribution in [0.25, 0.3) is 0 Å². The lowest BCUT2D eigenvalue weighted by molar-refractivity contribution is -0.140. The number of nitrogens with zero attached hydrogens (tertiary/aromatic N) is 2. The van der Waals surface area contributed by atoms with Crippen molar-refractivity contribution in [2.45, 2.75) is 43.7 Å². The molecule has 0 aliphatic heterocycles. The first kappa shape index (κ1) is 35.3. The van der Waals surface area contributed by atoms with Crippen molar-refractivity contribution in [3.63, 3.8) is 0 Å². The Morgan fingerprint density at radius 2 is 1.49 bits per heavy atom. The van der Waals surface area contributed by atoms with Gasteiger partial charge < -0.3 is 19.7 Å². The second-order valence-corrected chi connectivity index (χ2v) is 13.2. The van der Waals surface area contributed by atoms with Crippen LogP contribution in [0.1, 0.15) is 30.9 Å². The summed E-state index contributed by atoms with van der Waals surface area (Å²) in [5.41, 5.74) is 1.73. The zero-order valence-electron chi connectivity index (χ0n) is 26.8. The van der Waals surface area contributed by atoms with E-state index in [4.69, 9.17) is 21.1 Å². The number of carbonyl (C=O) groups excluding carboxylic acids is 2. The summed E-state index contributed by atoms with van der Waals surface area (Å²) in [6.45, 7) is 1.89. The van der Waals surface area contributed by atoms with Gasteiger partial charge in [-0.2, -0.15) is 0 Å². The monoisotopic (exact) mass is 677 g/mol. The van der Waals surface area contributed by atoms with Crippen molar-refractivity contribution in [2.24, 2.45) is 0 Å². The van der Waals surface area contributed by atoms with Crippen LogP contribution in [0.15, 0.2) is 108 Å². The van der Waals surface area contributed by atoms with E-state index in [1.807, 2.05) is 43.3 Å². The fraction of sp³-hybridized carbons (Fsp3) is 0.278. The molecule has 0 aromatic heterocycles. The predicted octanol–water partition coefficient (Wildman–Crippen LogP) is 6.11. The van der Waals surface area contributed by atoms with Crippen LogP contribution in [0.5, 0.6) is 11.5 Å². The van der Waals surface area contributed by atoms with Gasteiger partial charge in [-0.25, -0.2) is 8.42 Å². The molecule has 11 heteroatoms. The molecular weight excluding hydrogens is 638 g/mol. The Morgan fingerprint density at radius 1 is 0.830 bits per heavy atom. The summed E-state index contributed by atoms with van der Waals surface area (Å²) in [6.07, 6.45) is 1.87. The Morgan fingerprint density at radius 3 is 2.13 bits per heavy atom. The van der Waals surface area contributed by atoms with Crippen LogP contribution in [-0.4, -0.2) is 58.5 Å². The van der Waals surface area contributed by atoms with Gasteiger partial charge in [0.1, 0.15) is 12.6 Å². The average molecular weight is 678 g/mol. The highest BCUT2D eigenvalue weighted by atomic mass is 35.5. The highest BCUT2D eigenvalue weighted by Crippen LogP contribution is 2.34. The standard InChI is InChI=1S/C36H40ClN3O6S/c1-4-5-21-38-36(42)32(23-27-13-8-6-9-14-27)39(25-28-15-12-16-29(37)22-28)35(41)26-40(47(43,44)31-17-10-7-11-18-31)30-19-20-33(45-2)34(24-30)46-3/h6-20,22,24,32H,4-5,21,23,25-26H2,1-3H3,(H,38,42)/t32-/m0/s1. The molecule has 0 unspecified atom stereocenters. The normalized spacial score (nSPS) is 11.7. The van der Waals surface area contributed by atoms with Gasteiger partial charge >= 0.3 is 0 Å². The molecule has 0 spiro atoms. The molecule has 2 amide bonds. The van der Waals surface area contributed by atoms with E-state index in [1.165, 1.54) is 37.3 Å². The number of anilines is 1. The third-order valence-corrected chi connectivity index (χ3v) is 9.63. The van der Waals surface area contributed by atoms with E-state index in [2.05, 4.69) is 5.32 Å². The summed E-state index contributed by atoms with van der Waals surface area (Å²) in [7, 11) is -1.34. The Hall–Kier alpha value is -4.54. The second-order valence-electron chi connectivity index (χ2n) is 10.9. The molecule has 9 nitrogen and oxygen atoms in total. The largest absolute Gasteiger partial charge is 0.493 e. The lowest BCUT2D eigenvalue weighted by atomic mass is 10.0. The van der Waals surface area contributed by atoms with Crippen LogP contribution >= 0.6 is 11.6 Å². The maximum Gasteiger partial charge on any atom is 0.264 e. The number of ether oxygens (including phenoxy) is 2. The van der Waals surface area contributed by atoms with Crippen molar-refractivity contribution in [2.75, 3.05) is 31.6 Å². The number of unbranched alkanes of at least 4 members (excludes halogenated alkanes) is 1. The lowest BCUT2D eigenvalue weighted by Gasteiger charge is -2.34. The van der Waals surface area contributed by atoms with Crippen LogP contribution in [0.4, 0.5) is 5.69 Å². The molecule has 0 radical (unpaired) electrons. The molecular formula is C36H40ClN3O6S. The molecule has 1 N–H and O–H groups in total. The van der Waals surface area contributed by atoms with Gasteiger partial charge in [-0.3, -0.25) is 13.9 Å². The topological polar surface area (TPSA) is 105 Å². The van der Waals surface area contributed by atoms with Gasteiger partial charge in [0.05, 0.1) is 24.8 Å². The SMILES string of the molecule is CCCCNC(=O)[C@H](Cc1ccccc1)N(Cc1cccc(Cl)c1)C(=O)CN(c1ccc(OC)c(OC)c1)S(=O)(=O)c1ccccc1. The van der Waals surface area contributed by atoms with Gasteiger partial charge in [0.2, 0.25) is 11.8 Å². The fourth-order valence-electron chi connectivity index (χ4n) is 5.12. The minimum Gasteiger partial charge on any atom is -0.493 e. The lowest BCUT2D eigenvalue weighted by Crippen LogP contribution is -2.53. The summed E-state index contributed by atoms with van der Waals surface area (Å²) in [5.74, 6) is -0.222. The van der Waals surface area contributed by atoms with Gasteiger partial charge in [-0.05, 0) is 53.9 Å². The number of methoxy groups -OCH3 is 2. The Kier molecular flexibility index (Phi) is 12.7. The molecule has 0 bridgehead atoms. The second kappa shape index (κ2) is 16.9. The fourth-order valence-corrected chi connectivity index (χ4v) is 6.76. The van der Waals surface area contributed by atoms with Gasteiger partial charge in [0.25, 0.3) is 10.0 Å². The summed E-state index contributed by atoms with van der Waals surface area (Å²) in [6, 6.07) is 28.0. The summed E-state index contributed by atoms with van der Waals surface area (Å²) in [4.78, 5) is 29.9. The molecule has 4 aromatic carbocycles. The number of hydrogen-bond acceptors (Lipinski definition) is 6. The number of rotatable bonds is 16. The first-order valence-corrected chi connectivity index (χ1v) is 17.1. The van der Waals surface area contributed by atoms with Crippen molar-refractivity contribution >= 4 is 39.1 Å². The van der Waals surface area contributed by atoms with E-state index in [9.17, 15) is 18.0 Å². The molecule has 4 rings (SSSR count). The minimum absolute atomic E-state index is 0.00196. The number of sulfonamides is 1. The molecule has 0 fully saturated rings. The molecule has 0 saturated carbocycles. The van der Waals surface area contributed by atoms with Crippen LogP contribution in [0.3, 0.4) is 0 Å². The van der Waals surface area contributed by atoms with E-state index in [-0.39, 0.29) is 29.5 Å². The van der Waals surface area contributed by atoms with Crippen LogP contribution in [-0.2, 0) is 32.6 Å². The van der Waals surface area contributed by atoms with Gasteiger partial charge in [0.15, 0.2) is 11.5 Å². The van der Waals surface area contributed by atoms with Crippen LogP contribution < -0.4 is 19.1 Å². The predicted molar refractivity (Wildman–Crippen MR) is 184 cm³/mol. The van der Waals surface area contributed by atoms with Crippen molar-refractivity contribution < 1.29 is 27.5 Å². The number of halogens is 1. The Bertz CT molecular complexity index is 1740. The molecule has 248 valence electrons. The number of amides is 2. The third-order valence-electron chi connectivity index (χ3n) is 7.61. The molecule has 47 heavy (non-hydrogen) atoms. The van der Waals surface area contributed by atoms with E-state index >= 15 is 0 Å². The molecule has 1 atom stereocenters. The number of nitrogens with one attached hydrogen (secondary N) is 1. The van der Waals surface area contributed by atoms with E-state index in [0.29, 0.717) is 28.6 Å². The van der Waals surface area contributed by atoms with Crippen molar-refractivity contribution in [3.8, 4) is 11.5 Å². The summed E-state index contributed by atoms with van der Waals surface area (Å²) >= 11 is 6.32. The van der Waals surface area contributed by atoms with Crippen molar-refractivity contribution in [3.05, 3.63) is 119 Å². The Labute approximate surface area is 282 Å². The van der Waals surface area contributed by atoms with E-state index in [1.54, 1.807) is 48.5 Å². The Balaban J connectivity index is 1.82. The van der Waals surface area contributed by atoms with E-state index in [0.717, 1.165) is 22.7 Å². The van der Waals surface area contributed by atoms with Crippen LogP contribution in [0, 0.1) is 0 Å². The first-order chi connectivity index (χ1) is 22.7. The maximum atomic E-state index is 14.6. The van der Waals surface area contributed by atoms with Gasteiger partial charge in [-0.1, -0.05) is 85.6 Å². The number of hydrogen-bond donors (Lipinski definition) is 1. The molecule has 4 aromatic rings. The van der Waals surface area contributed by atoms with Crippen molar-refractivity contribution in [1.29, 1.82) is 0 Å². The molecule has 0 saturated heterocycles. The average Bonchev–Trinajstić information content (AvgIpc) is 3.09. The van der Waals surface area contributed by atoms with E-state index < -0.39 is 28.5 Å². The third kappa shape index (κ3) is 9.27. The zero-order valence-corrected chi connectivity index (χ0v) is 28.3. The molecule has 0 aliphatic rings. The van der Waals surface area contributed by atoms with Gasteiger partial charge in [-0.15, -0.1) is 0 Å². The summed E-state index contributed by atoms with van der Waals surface area (Å²) < 4.78 is 40.3. The number of benzene rings is 4. The zero-order chi connectivity index (χ0) is 33.8. The smallest absolute Gasteiger partial charge is 0.264 e. The highest BCUT2D eigenvalue weighted by molar-refractivity contribution is 7.92. The highest BCUT2D eigenvalue weighted by Gasteiger charge is 2.35. The quantitative estimate of drug-likeness (QED) is 0.144. The summed E-state index contributed by atoms with van der Waals surface area (Å²) in [5, 5.41) is 3.46. The number of carbonyl (C=O) groups is 2. The molecule has 0 aliphatic carbocycles. The minimum atomic E-state index is -4.26. The van der Waals surface area contributed by atoms with Crippen LogP contribution in [0.2, 0.25) is 5.02 Å². The molecule has 0 heterocycles. The maximum absolute atomic E-state index is 14.6. The van der Waals surface area contributed by atoms with Gasteiger partial charge in [0, 0.05) is 30.6 Å².